The third kappa shape index (κ3) is 3.78. The van der Waals surface area contributed by atoms with Gasteiger partial charge in [0.15, 0.2) is 0 Å². The van der Waals surface area contributed by atoms with Gasteiger partial charge < -0.3 is 4.90 Å². The third-order valence-electron chi connectivity index (χ3n) is 4.94. The van der Waals surface area contributed by atoms with Crippen LogP contribution in [0.4, 0.5) is 19.1 Å². The highest BCUT2D eigenvalue weighted by Gasteiger charge is 2.32. The van der Waals surface area contributed by atoms with Gasteiger partial charge in [-0.2, -0.15) is 28.2 Å². The number of aromatic nitrogens is 5. The molecule has 1 aliphatic heterocycles. The molecule has 11 heteroatoms. The van der Waals surface area contributed by atoms with Crippen molar-refractivity contribution in [1.29, 1.82) is 0 Å². The SMILES string of the molecule is CCn1ncc2c1CN(c1nc(C)n(Cc3ccc(C(F)(F)F)s3)c(=O)n1)CC2. The first-order chi connectivity index (χ1) is 13.8. The van der Waals surface area contributed by atoms with Crippen LogP contribution in [0.3, 0.4) is 0 Å². The minimum Gasteiger partial charge on any atom is -0.334 e. The van der Waals surface area contributed by atoms with Crippen molar-refractivity contribution in [2.24, 2.45) is 0 Å². The zero-order valence-electron chi connectivity index (χ0n) is 15.9. The molecule has 4 heterocycles. The molecule has 0 aromatic carbocycles. The van der Waals surface area contributed by atoms with E-state index >= 15 is 0 Å². The maximum Gasteiger partial charge on any atom is 0.425 e. The quantitative estimate of drug-likeness (QED) is 0.644. The molecule has 0 bridgehead atoms. The second-order valence-corrected chi connectivity index (χ2v) is 7.98. The van der Waals surface area contributed by atoms with Gasteiger partial charge >= 0.3 is 11.9 Å². The van der Waals surface area contributed by atoms with Gasteiger partial charge in [0.25, 0.3) is 0 Å². The molecular weight excluding hydrogens is 405 g/mol. The summed E-state index contributed by atoms with van der Waals surface area (Å²) in [5.74, 6) is 0.747. The number of nitrogens with zero attached hydrogens (tertiary/aromatic N) is 6. The number of hydrogen-bond donors (Lipinski definition) is 0. The van der Waals surface area contributed by atoms with E-state index in [-0.39, 0.29) is 6.54 Å². The first kappa shape index (κ1) is 19.6. The zero-order chi connectivity index (χ0) is 20.8. The molecule has 3 aromatic heterocycles. The Morgan fingerprint density at radius 3 is 2.69 bits per heavy atom. The standard InChI is InChI=1S/C18H19F3N6OS/c1-3-27-14-10-25(7-6-12(14)8-22-27)16-23-11(2)26(17(28)24-16)9-13-4-5-15(29-13)18(19,20)21/h4-5,8H,3,6-7,9-10H2,1-2H3. The minimum absolute atomic E-state index is 0.0123. The molecule has 0 saturated heterocycles. The first-order valence-electron chi connectivity index (χ1n) is 9.16. The monoisotopic (exact) mass is 424 g/mol. The second-order valence-electron chi connectivity index (χ2n) is 6.81. The summed E-state index contributed by atoms with van der Waals surface area (Å²) >= 11 is 0.621. The van der Waals surface area contributed by atoms with Crippen LogP contribution in [0.2, 0.25) is 0 Å². The van der Waals surface area contributed by atoms with Gasteiger partial charge in [-0.3, -0.25) is 9.25 Å². The topological polar surface area (TPSA) is 68.8 Å². The summed E-state index contributed by atoms with van der Waals surface area (Å²) in [7, 11) is 0. The van der Waals surface area contributed by atoms with Crippen molar-refractivity contribution >= 4 is 17.3 Å². The number of halogens is 3. The van der Waals surface area contributed by atoms with Crippen molar-refractivity contribution < 1.29 is 13.2 Å². The van der Waals surface area contributed by atoms with Gasteiger partial charge in [0.1, 0.15) is 10.7 Å². The van der Waals surface area contributed by atoms with Gasteiger partial charge in [0.05, 0.1) is 25.0 Å². The largest absolute Gasteiger partial charge is 0.425 e. The van der Waals surface area contributed by atoms with E-state index in [9.17, 15) is 18.0 Å². The maximum atomic E-state index is 12.8. The Morgan fingerprint density at radius 2 is 2.03 bits per heavy atom. The van der Waals surface area contributed by atoms with Crippen LogP contribution in [-0.4, -0.2) is 30.9 Å². The molecule has 154 valence electrons. The van der Waals surface area contributed by atoms with Gasteiger partial charge in [-0.15, -0.1) is 11.3 Å². The number of anilines is 1. The summed E-state index contributed by atoms with van der Waals surface area (Å²) < 4.78 is 41.6. The lowest BCUT2D eigenvalue weighted by Gasteiger charge is -2.27. The van der Waals surface area contributed by atoms with E-state index in [1.807, 2.05) is 22.7 Å². The first-order valence-corrected chi connectivity index (χ1v) is 9.97. The molecule has 0 N–H and O–H groups in total. The summed E-state index contributed by atoms with van der Waals surface area (Å²) in [6.07, 6.45) is -1.73. The van der Waals surface area contributed by atoms with Crippen LogP contribution in [0.1, 0.15) is 33.8 Å². The van der Waals surface area contributed by atoms with E-state index in [4.69, 9.17) is 0 Å². The number of aryl methyl sites for hydroxylation is 2. The highest BCUT2D eigenvalue weighted by molar-refractivity contribution is 7.12. The fourth-order valence-electron chi connectivity index (χ4n) is 3.41. The Labute approximate surface area is 168 Å². The normalized spacial score (nSPS) is 14.3. The molecule has 3 aromatic rings. The zero-order valence-corrected chi connectivity index (χ0v) is 16.7. The number of thiophene rings is 1. The Morgan fingerprint density at radius 1 is 1.24 bits per heavy atom. The minimum atomic E-state index is -4.39. The molecule has 0 saturated carbocycles. The van der Waals surface area contributed by atoms with Crippen molar-refractivity contribution in [3.05, 3.63) is 55.6 Å². The van der Waals surface area contributed by atoms with Crippen LogP contribution < -0.4 is 10.6 Å². The van der Waals surface area contributed by atoms with Crippen LogP contribution in [0, 0.1) is 6.92 Å². The van der Waals surface area contributed by atoms with Gasteiger partial charge in [-0.05, 0) is 38.0 Å². The predicted molar refractivity (Wildman–Crippen MR) is 102 cm³/mol. The molecule has 29 heavy (non-hydrogen) atoms. The van der Waals surface area contributed by atoms with Crippen LogP contribution in [0.5, 0.6) is 0 Å². The molecule has 0 radical (unpaired) electrons. The van der Waals surface area contributed by atoms with E-state index in [1.165, 1.54) is 16.2 Å². The van der Waals surface area contributed by atoms with Crippen molar-refractivity contribution in [3.8, 4) is 0 Å². The van der Waals surface area contributed by atoms with Gasteiger partial charge in [0, 0.05) is 18.0 Å². The Balaban J connectivity index is 1.58. The maximum absolute atomic E-state index is 12.8. The van der Waals surface area contributed by atoms with Gasteiger partial charge in [-0.1, -0.05) is 0 Å². The van der Waals surface area contributed by atoms with Gasteiger partial charge in [0.2, 0.25) is 5.95 Å². The van der Waals surface area contributed by atoms with Crippen LogP contribution in [-0.2, 0) is 32.2 Å². The van der Waals surface area contributed by atoms with E-state index in [1.54, 1.807) is 6.92 Å². The lowest BCUT2D eigenvalue weighted by Crippen LogP contribution is -2.36. The van der Waals surface area contributed by atoms with Crippen molar-refractivity contribution in [3.63, 3.8) is 0 Å². The van der Waals surface area contributed by atoms with Crippen LogP contribution >= 0.6 is 11.3 Å². The smallest absolute Gasteiger partial charge is 0.334 e. The fraction of sp³-hybridized carbons (Fsp3) is 0.444. The van der Waals surface area contributed by atoms with E-state index in [2.05, 4.69) is 15.1 Å². The third-order valence-corrected chi connectivity index (χ3v) is 6.06. The molecule has 4 rings (SSSR count). The fourth-order valence-corrected chi connectivity index (χ4v) is 4.27. The molecule has 0 fully saturated rings. The molecule has 7 nitrogen and oxygen atoms in total. The molecular formula is C18H19F3N6OS. The van der Waals surface area contributed by atoms with Crippen LogP contribution in [0.25, 0.3) is 0 Å². The molecule has 0 unspecified atom stereocenters. The average molecular weight is 424 g/mol. The predicted octanol–water partition coefficient (Wildman–Crippen LogP) is 2.85. The van der Waals surface area contributed by atoms with E-state index in [0.717, 1.165) is 24.7 Å². The molecule has 0 spiro atoms. The second kappa shape index (κ2) is 7.29. The highest BCUT2D eigenvalue weighted by atomic mass is 32.1. The summed E-state index contributed by atoms with van der Waals surface area (Å²) in [5, 5.41) is 4.36. The highest BCUT2D eigenvalue weighted by Crippen LogP contribution is 2.34. The summed E-state index contributed by atoms with van der Waals surface area (Å²) in [6, 6.07) is 2.41. The van der Waals surface area contributed by atoms with Crippen molar-refractivity contribution in [1.82, 2.24) is 24.3 Å². The summed E-state index contributed by atoms with van der Waals surface area (Å²) in [4.78, 5) is 22.8. The Bertz CT molecular complexity index is 1090. The number of hydrogen-bond acceptors (Lipinski definition) is 6. The number of rotatable bonds is 4. The van der Waals surface area contributed by atoms with Crippen molar-refractivity contribution in [2.75, 3.05) is 11.4 Å². The van der Waals surface area contributed by atoms with Crippen molar-refractivity contribution in [2.45, 2.75) is 46.1 Å². The lowest BCUT2D eigenvalue weighted by molar-refractivity contribution is -0.134. The molecule has 0 aliphatic carbocycles. The summed E-state index contributed by atoms with van der Waals surface area (Å²) in [5.41, 5.74) is 1.75. The average Bonchev–Trinajstić information content (AvgIpc) is 3.30. The lowest BCUT2D eigenvalue weighted by atomic mass is 10.1. The summed E-state index contributed by atoms with van der Waals surface area (Å²) in [6.45, 7) is 5.68. The van der Waals surface area contributed by atoms with Crippen LogP contribution in [0.15, 0.2) is 23.1 Å². The molecule has 0 amide bonds. The number of fused-ring (bicyclic) bond motifs is 1. The Kier molecular flexibility index (Phi) is 4.93. The Hall–Kier alpha value is -2.69. The van der Waals surface area contributed by atoms with Gasteiger partial charge in [-0.25, -0.2) is 4.79 Å². The van der Waals surface area contributed by atoms with E-state index < -0.39 is 16.7 Å². The van der Waals surface area contributed by atoms with E-state index in [0.29, 0.717) is 41.1 Å². The number of alkyl halides is 3. The molecule has 1 aliphatic rings. The molecule has 0 atom stereocenters.